The maximum Gasteiger partial charge on any atom is 0.308 e. The molecule has 2 rings (SSSR count). The molecule has 0 radical (unpaired) electrons. The smallest absolute Gasteiger partial charge is 0.308 e. The van der Waals surface area contributed by atoms with Gasteiger partial charge in [-0.05, 0) is 13.8 Å². The number of hydrogen-bond acceptors (Lipinski definition) is 5. The van der Waals surface area contributed by atoms with E-state index in [0.717, 1.165) is 4.43 Å². The van der Waals surface area contributed by atoms with Crippen molar-refractivity contribution in [1.82, 2.24) is 0 Å². The number of carbonyl (C=O) groups excluding carboxylic acids is 1. The maximum absolute atomic E-state index is 11.3. The summed E-state index contributed by atoms with van der Waals surface area (Å²) in [6.45, 7) is 3.76. The molecule has 0 unspecified atom stereocenters. The van der Waals surface area contributed by atoms with Crippen LogP contribution in [0.5, 0.6) is 0 Å². The second-order valence-electron chi connectivity index (χ2n) is 4.71. The summed E-state index contributed by atoms with van der Waals surface area (Å²) in [5, 5.41) is 0. The van der Waals surface area contributed by atoms with E-state index in [-0.39, 0.29) is 36.8 Å². The van der Waals surface area contributed by atoms with Gasteiger partial charge in [0.15, 0.2) is 5.79 Å². The van der Waals surface area contributed by atoms with Crippen LogP contribution in [0.25, 0.3) is 0 Å². The van der Waals surface area contributed by atoms with Crippen LogP contribution >= 0.6 is 22.6 Å². The van der Waals surface area contributed by atoms with Crippen molar-refractivity contribution in [1.29, 1.82) is 0 Å². The molecule has 0 spiro atoms. The van der Waals surface area contributed by atoms with Gasteiger partial charge < -0.3 is 18.9 Å². The summed E-state index contributed by atoms with van der Waals surface area (Å²) < 4.78 is 22.9. The standard InChI is InChI=1S/C11H17IO5/c1-11(2)16-9-6(4-8(13)14-3)15-7(5-12)10(9)17-11/h6-7,9-10H,4-5H2,1-3H3/t6-,7+,9-,10+/m0/s1. The van der Waals surface area contributed by atoms with Gasteiger partial charge in [-0.15, -0.1) is 0 Å². The highest BCUT2D eigenvalue weighted by Crippen LogP contribution is 2.40. The average molecular weight is 356 g/mol. The summed E-state index contributed by atoms with van der Waals surface area (Å²) in [6, 6.07) is 0. The molecule has 2 aliphatic rings. The van der Waals surface area contributed by atoms with E-state index in [2.05, 4.69) is 27.3 Å². The number of esters is 1. The number of fused-ring (bicyclic) bond motifs is 1. The molecular weight excluding hydrogens is 339 g/mol. The van der Waals surface area contributed by atoms with Crippen LogP contribution in [0.1, 0.15) is 20.3 Å². The van der Waals surface area contributed by atoms with Gasteiger partial charge in [-0.25, -0.2) is 0 Å². The first-order valence-corrected chi connectivity index (χ1v) is 7.13. The first-order chi connectivity index (χ1) is 7.96. The lowest BCUT2D eigenvalue weighted by Gasteiger charge is -2.23. The molecule has 0 bridgehead atoms. The summed E-state index contributed by atoms with van der Waals surface area (Å²) in [5.74, 6) is -0.881. The van der Waals surface area contributed by atoms with Gasteiger partial charge in [0.05, 0.1) is 25.7 Å². The van der Waals surface area contributed by atoms with Crippen molar-refractivity contribution < 1.29 is 23.7 Å². The lowest BCUT2D eigenvalue weighted by Crippen LogP contribution is -2.31. The number of rotatable bonds is 3. The first kappa shape index (κ1) is 13.5. The lowest BCUT2D eigenvalue weighted by molar-refractivity contribution is -0.187. The zero-order chi connectivity index (χ0) is 12.6. The van der Waals surface area contributed by atoms with Gasteiger partial charge in [0, 0.05) is 4.43 Å². The first-order valence-electron chi connectivity index (χ1n) is 5.60. The van der Waals surface area contributed by atoms with Crippen molar-refractivity contribution in [2.45, 2.75) is 50.5 Å². The summed E-state index contributed by atoms with van der Waals surface area (Å²) in [6.07, 6.45) is -0.337. The molecule has 6 heteroatoms. The van der Waals surface area contributed by atoms with E-state index >= 15 is 0 Å². The SMILES string of the molecule is COC(=O)C[C@@H]1O[C@H](CI)[C@H]2OC(C)(C)O[C@H]21. The van der Waals surface area contributed by atoms with E-state index in [4.69, 9.17) is 14.2 Å². The Balaban J connectivity index is 2.07. The van der Waals surface area contributed by atoms with Crippen molar-refractivity contribution in [3.8, 4) is 0 Å². The second kappa shape index (κ2) is 4.99. The quantitative estimate of drug-likeness (QED) is 0.433. The molecule has 0 aromatic carbocycles. The molecule has 0 aliphatic carbocycles. The Labute approximate surface area is 114 Å². The topological polar surface area (TPSA) is 54.0 Å². The predicted octanol–water partition coefficient (Wildman–Crippen LogP) is 1.27. The van der Waals surface area contributed by atoms with Gasteiger partial charge in [0.25, 0.3) is 0 Å². The monoisotopic (exact) mass is 356 g/mol. The average Bonchev–Trinajstić information content (AvgIpc) is 2.73. The van der Waals surface area contributed by atoms with E-state index in [1.807, 2.05) is 13.8 Å². The van der Waals surface area contributed by atoms with E-state index in [1.54, 1.807) is 0 Å². The van der Waals surface area contributed by atoms with Crippen LogP contribution < -0.4 is 0 Å². The minimum atomic E-state index is -0.600. The Morgan fingerprint density at radius 3 is 2.41 bits per heavy atom. The molecule has 2 heterocycles. The van der Waals surface area contributed by atoms with Crippen LogP contribution in [0.3, 0.4) is 0 Å². The summed E-state index contributed by atoms with van der Waals surface area (Å²) in [4.78, 5) is 11.3. The number of methoxy groups -OCH3 is 1. The van der Waals surface area contributed by atoms with E-state index < -0.39 is 5.79 Å². The highest BCUT2D eigenvalue weighted by molar-refractivity contribution is 14.1. The van der Waals surface area contributed by atoms with Crippen LogP contribution in [0.4, 0.5) is 0 Å². The van der Waals surface area contributed by atoms with Crippen LogP contribution in [0.2, 0.25) is 0 Å². The van der Waals surface area contributed by atoms with Gasteiger partial charge in [0.2, 0.25) is 0 Å². The molecule has 5 nitrogen and oxygen atoms in total. The largest absolute Gasteiger partial charge is 0.469 e. The molecule has 0 aromatic rings. The summed E-state index contributed by atoms with van der Waals surface area (Å²) in [5.41, 5.74) is 0. The Hall–Kier alpha value is 0.0800. The van der Waals surface area contributed by atoms with Gasteiger partial charge in [-0.1, -0.05) is 22.6 Å². The van der Waals surface area contributed by atoms with E-state index in [9.17, 15) is 4.79 Å². The zero-order valence-electron chi connectivity index (χ0n) is 10.1. The molecule has 2 saturated heterocycles. The van der Waals surface area contributed by atoms with Crippen molar-refractivity contribution in [2.75, 3.05) is 11.5 Å². The van der Waals surface area contributed by atoms with Gasteiger partial charge >= 0.3 is 5.97 Å². The molecule has 0 saturated carbocycles. The lowest BCUT2D eigenvalue weighted by atomic mass is 10.1. The van der Waals surface area contributed by atoms with Gasteiger partial charge in [-0.3, -0.25) is 4.79 Å². The minimum Gasteiger partial charge on any atom is -0.469 e. The second-order valence-corrected chi connectivity index (χ2v) is 5.59. The Kier molecular flexibility index (Phi) is 3.96. The van der Waals surface area contributed by atoms with E-state index in [1.165, 1.54) is 7.11 Å². The highest BCUT2D eigenvalue weighted by atomic mass is 127. The van der Waals surface area contributed by atoms with Crippen molar-refractivity contribution in [3.05, 3.63) is 0 Å². The summed E-state index contributed by atoms with van der Waals surface area (Å²) in [7, 11) is 1.38. The number of halogens is 1. The maximum atomic E-state index is 11.3. The Bertz CT molecular complexity index is 306. The van der Waals surface area contributed by atoms with Crippen molar-refractivity contribution in [3.63, 3.8) is 0 Å². The molecule has 98 valence electrons. The fourth-order valence-electron chi connectivity index (χ4n) is 2.31. The van der Waals surface area contributed by atoms with Gasteiger partial charge in [0.1, 0.15) is 12.2 Å². The molecule has 0 aromatic heterocycles. The van der Waals surface area contributed by atoms with Crippen LogP contribution in [0.15, 0.2) is 0 Å². The molecule has 0 amide bonds. The fraction of sp³-hybridized carbons (Fsp3) is 0.909. The molecule has 0 N–H and O–H groups in total. The van der Waals surface area contributed by atoms with Gasteiger partial charge in [-0.2, -0.15) is 0 Å². The molecule has 4 atom stereocenters. The molecule has 17 heavy (non-hydrogen) atoms. The molecule has 2 fully saturated rings. The highest BCUT2D eigenvalue weighted by Gasteiger charge is 2.55. The van der Waals surface area contributed by atoms with Crippen LogP contribution in [-0.4, -0.2) is 47.7 Å². The fourth-order valence-corrected chi connectivity index (χ4v) is 3.02. The summed E-state index contributed by atoms with van der Waals surface area (Å²) >= 11 is 2.25. The molecule has 2 aliphatic heterocycles. The van der Waals surface area contributed by atoms with Crippen LogP contribution in [-0.2, 0) is 23.7 Å². The number of ether oxygens (including phenoxy) is 4. The third-order valence-electron chi connectivity index (χ3n) is 2.99. The van der Waals surface area contributed by atoms with Crippen molar-refractivity contribution in [2.24, 2.45) is 0 Å². The third kappa shape index (κ3) is 2.74. The van der Waals surface area contributed by atoms with Crippen molar-refractivity contribution >= 4 is 28.6 Å². The minimum absolute atomic E-state index is 0.0166. The number of alkyl halides is 1. The third-order valence-corrected chi connectivity index (χ3v) is 3.86. The normalized spacial score (nSPS) is 39.1. The van der Waals surface area contributed by atoms with Crippen LogP contribution in [0, 0.1) is 0 Å². The zero-order valence-corrected chi connectivity index (χ0v) is 12.3. The Morgan fingerprint density at radius 2 is 1.88 bits per heavy atom. The van der Waals surface area contributed by atoms with E-state index in [0.29, 0.717) is 0 Å². The predicted molar refractivity (Wildman–Crippen MR) is 68.0 cm³/mol. The molecular formula is C11H17IO5. The number of hydrogen-bond donors (Lipinski definition) is 0. The Morgan fingerprint density at radius 1 is 1.29 bits per heavy atom. The number of carbonyl (C=O) groups is 1.